The molecule has 160 valence electrons. The van der Waals surface area contributed by atoms with E-state index in [1.165, 1.54) is 0 Å². The van der Waals surface area contributed by atoms with E-state index in [-0.39, 0.29) is 18.2 Å². The Balaban J connectivity index is 1.48. The molecule has 1 unspecified atom stereocenters. The Labute approximate surface area is 181 Å². The number of nitrogens with one attached hydrogen (secondary N) is 2. The lowest BCUT2D eigenvalue weighted by Crippen LogP contribution is -2.30. The minimum Gasteiger partial charge on any atom is -0.497 e. The molecule has 0 fully saturated rings. The van der Waals surface area contributed by atoms with Crippen LogP contribution >= 0.6 is 0 Å². The normalized spacial score (nSPS) is 14.8. The van der Waals surface area contributed by atoms with Crippen LogP contribution in [0.4, 0.5) is 5.82 Å². The lowest BCUT2D eigenvalue weighted by Gasteiger charge is -2.10. The van der Waals surface area contributed by atoms with Crippen LogP contribution in [0.2, 0.25) is 0 Å². The van der Waals surface area contributed by atoms with Gasteiger partial charge in [-0.1, -0.05) is 49.4 Å². The number of anilines is 1. The summed E-state index contributed by atoms with van der Waals surface area (Å²) in [6.45, 7) is 2.55. The van der Waals surface area contributed by atoms with E-state index in [4.69, 9.17) is 4.74 Å². The number of ether oxygens (including phenoxy) is 1. The number of carbonyl (C=O) groups excluding carboxylic acids is 2. The number of hydrogen-bond donors (Lipinski definition) is 2. The van der Waals surface area contributed by atoms with Crippen LogP contribution in [0.3, 0.4) is 0 Å². The largest absolute Gasteiger partial charge is 0.497 e. The van der Waals surface area contributed by atoms with E-state index in [1.54, 1.807) is 11.8 Å². The van der Waals surface area contributed by atoms with Crippen molar-refractivity contribution in [1.82, 2.24) is 15.1 Å². The van der Waals surface area contributed by atoms with Gasteiger partial charge in [0, 0.05) is 12.1 Å². The van der Waals surface area contributed by atoms with E-state index in [9.17, 15) is 9.59 Å². The van der Waals surface area contributed by atoms with Crippen molar-refractivity contribution < 1.29 is 14.3 Å². The van der Waals surface area contributed by atoms with Gasteiger partial charge in [0.2, 0.25) is 5.91 Å². The molecule has 0 spiro atoms. The van der Waals surface area contributed by atoms with Gasteiger partial charge in [-0.05, 0) is 36.1 Å². The zero-order valence-electron chi connectivity index (χ0n) is 17.7. The molecule has 1 aliphatic heterocycles. The molecule has 0 saturated heterocycles. The highest BCUT2D eigenvalue weighted by Gasteiger charge is 2.36. The van der Waals surface area contributed by atoms with Crippen LogP contribution in [0.25, 0.3) is 11.1 Å². The van der Waals surface area contributed by atoms with Crippen molar-refractivity contribution in [3.05, 3.63) is 65.9 Å². The summed E-state index contributed by atoms with van der Waals surface area (Å²) in [5.74, 6) is 1.04. The lowest BCUT2D eigenvalue weighted by molar-refractivity contribution is -0.126. The van der Waals surface area contributed by atoms with Crippen molar-refractivity contribution in [2.24, 2.45) is 0 Å². The number of fused-ring (bicyclic) bond motifs is 1. The number of methoxy groups -OCH3 is 1. The van der Waals surface area contributed by atoms with Crippen LogP contribution in [0.15, 0.2) is 54.6 Å². The van der Waals surface area contributed by atoms with Crippen LogP contribution in [-0.2, 0) is 22.4 Å². The van der Waals surface area contributed by atoms with Gasteiger partial charge in [0.15, 0.2) is 0 Å². The van der Waals surface area contributed by atoms with Crippen LogP contribution < -0.4 is 15.4 Å². The summed E-state index contributed by atoms with van der Waals surface area (Å²) < 4.78 is 6.90. The second kappa shape index (κ2) is 9.04. The summed E-state index contributed by atoms with van der Waals surface area (Å²) in [4.78, 5) is 25.1. The van der Waals surface area contributed by atoms with Crippen molar-refractivity contribution in [2.45, 2.75) is 32.2 Å². The molecule has 2 amide bonds. The zero-order chi connectivity index (χ0) is 21.8. The molecule has 31 heavy (non-hydrogen) atoms. The minimum atomic E-state index is -0.649. The number of benzene rings is 2. The maximum absolute atomic E-state index is 12.6. The van der Waals surface area contributed by atoms with Crippen LogP contribution in [0.5, 0.6) is 5.75 Å². The van der Waals surface area contributed by atoms with Gasteiger partial charge in [-0.25, -0.2) is 4.68 Å². The highest BCUT2D eigenvalue weighted by atomic mass is 16.5. The summed E-state index contributed by atoms with van der Waals surface area (Å²) >= 11 is 0. The Morgan fingerprint density at radius 3 is 2.58 bits per heavy atom. The highest BCUT2D eigenvalue weighted by molar-refractivity contribution is 6.03. The van der Waals surface area contributed by atoms with E-state index < -0.39 is 6.04 Å². The summed E-state index contributed by atoms with van der Waals surface area (Å²) in [5.41, 5.74) is 3.89. The third-order valence-electron chi connectivity index (χ3n) is 5.49. The summed E-state index contributed by atoms with van der Waals surface area (Å²) in [6, 6.07) is 17.0. The molecule has 2 aromatic carbocycles. The molecule has 4 rings (SSSR count). The third-order valence-corrected chi connectivity index (χ3v) is 5.49. The number of carbonyl (C=O) groups is 2. The quantitative estimate of drug-likeness (QED) is 0.587. The average molecular weight is 418 g/mol. The first-order valence-corrected chi connectivity index (χ1v) is 10.5. The number of aromatic nitrogens is 2. The van der Waals surface area contributed by atoms with Gasteiger partial charge in [-0.2, -0.15) is 5.10 Å². The second-order valence-corrected chi connectivity index (χ2v) is 7.49. The molecule has 2 heterocycles. The third kappa shape index (κ3) is 4.30. The molecule has 0 bridgehead atoms. The van der Waals surface area contributed by atoms with Crippen molar-refractivity contribution in [3.63, 3.8) is 0 Å². The van der Waals surface area contributed by atoms with Crippen LogP contribution in [0, 0.1) is 0 Å². The summed E-state index contributed by atoms with van der Waals surface area (Å²) in [6.07, 6.45) is 1.52. The summed E-state index contributed by atoms with van der Waals surface area (Å²) in [5, 5.41) is 10.5. The van der Waals surface area contributed by atoms with Crippen molar-refractivity contribution in [1.29, 1.82) is 0 Å². The van der Waals surface area contributed by atoms with Crippen molar-refractivity contribution >= 4 is 17.6 Å². The Hall–Kier alpha value is -3.61. The Bertz CT molecular complexity index is 1070. The number of aryl methyl sites for hydroxylation is 1. The van der Waals surface area contributed by atoms with E-state index in [2.05, 4.69) is 15.7 Å². The lowest BCUT2D eigenvalue weighted by atomic mass is 10.0. The monoisotopic (exact) mass is 418 g/mol. The van der Waals surface area contributed by atoms with E-state index in [0.717, 1.165) is 34.6 Å². The van der Waals surface area contributed by atoms with Crippen molar-refractivity contribution in [2.75, 3.05) is 19.0 Å². The maximum Gasteiger partial charge on any atom is 0.251 e. The van der Waals surface area contributed by atoms with Gasteiger partial charge >= 0.3 is 0 Å². The van der Waals surface area contributed by atoms with Gasteiger partial charge in [-0.3, -0.25) is 9.59 Å². The van der Waals surface area contributed by atoms with Crippen LogP contribution in [-0.4, -0.2) is 35.2 Å². The van der Waals surface area contributed by atoms with Crippen molar-refractivity contribution in [3.8, 4) is 16.9 Å². The number of hydrogen-bond acceptors (Lipinski definition) is 4. The molecule has 0 radical (unpaired) electrons. The number of nitrogens with zero attached hydrogens (tertiary/aromatic N) is 2. The smallest absolute Gasteiger partial charge is 0.251 e. The minimum absolute atomic E-state index is 0.0561. The SMILES string of the molecule is CCc1nn2c(c1-c1ccc(OC)cc1)NC(=O)C2CC(=O)NCCc1ccccc1. The maximum atomic E-state index is 12.6. The number of amides is 2. The van der Waals surface area contributed by atoms with Gasteiger partial charge < -0.3 is 15.4 Å². The second-order valence-electron chi connectivity index (χ2n) is 7.49. The van der Waals surface area contributed by atoms with E-state index in [1.807, 2.05) is 61.5 Å². The van der Waals surface area contributed by atoms with Gasteiger partial charge in [-0.15, -0.1) is 0 Å². The molecule has 0 aliphatic carbocycles. The molecule has 1 aromatic heterocycles. The zero-order valence-corrected chi connectivity index (χ0v) is 17.7. The topological polar surface area (TPSA) is 85.2 Å². The molecule has 7 nitrogen and oxygen atoms in total. The summed E-state index contributed by atoms with van der Waals surface area (Å²) in [7, 11) is 1.62. The fourth-order valence-corrected chi connectivity index (χ4v) is 3.86. The number of rotatable bonds is 8. The molecule has 7 heteroatoms. The Morgan fingerprint density at radius 2 is 1.90 bits per heavy atom. The predicted octanol–water partition coefficient (Wildman–Crippen LogP) is 3.36. The molecular formula is C24H26N4O3. The van der Waals surface area contributed by atoms with E-state index in [0.29, 0.717) is 18.8 Å². The first-order valence-electron chi connectivity index (χ1n) is 10.5. The first kappa shape index (κ1) is 20.7. The molecule has 0 saturated carbocycles. The standard InChI is InChI=1S/C24H26N4O3/c1-3-19-22(17-9-11-18(31-2)12-10-17)23-26-24(30)20(28(23)27-19)15-21(29)25-14-13-16-7-5-4-6-8-16/h4-12,20H,3,13-15H2,1-2H3,(H,25,29)(H,26,30). The molecule has 1 atom stereocenters. The van der Waals surface area contributed by atoms with E-state index >= 15 is 0 Å². The average Bonchev–Trinajstić information content (AvgIpc) is 3.29. The van der Waals surface area contributed by atoms with Gasteiger partial charge in [0.25, 0.3) is 5.91 Å². The predicted molar refractivity (Wildman–Crippen MR) is 119 cm³/mol. The van der Waals surface area contributed by atoms with Gasteiger partial charge in [0.05, 0.1) is 19.2 Å². The molecular weight excluding hydrogens is 392 g/mol. The Kier molecular flexibility index (Phi) is 6.02. The highest BCUT2D eigenvalue weighted by Crippen LogP contribution is 2.39. The molecule has 3 aromatic rings. The Morgan fingerprint density at radius 1 is 1.16 bits per heavy atom. The molecule has 2 N–H and O–H groups in total. The fourth-order valence-electron chi connectivity index (χ4n) is 3.86. The van der Waals surface area contributed by atoms with Gasteiger partial charge in [0.1, 0.15) is 17.6 Å². The fraction of sp³-hybridized carbons (Fsp3) is 0.292. The van der Waals surface area contributed by atoms with Crippen LogP contribution in [0.1, 0.15) is 30.6 Å². The molecule has 1 aliphatic rings. The first-order chi connectivity index (χ1) is 15.1.